The van der Waals surface area contributed by atoms with Crippen LogP contribution in [0.5, 0.6) is 0 Å². The lowest BCUT2D eigenvalue weighted by Gasteiger charge is -1.91. The molecule has 0 aliphatic heterocycles. The Hall–Kier alpha value is -1.37. The van der Waals surface area contributed by atoms with Crippen LogP contribution in [0.4, 0.5) is 0 Å². The summed E-state index contributed by atoms with van der Waals surface area (Å²) in [4.78, 5) is 10.7. The molecule has 1 amide bonds. The Balaban J connectivity index is 1.56. The van der Waals surface area contributed by atoms with Crippen LogP contribution in [-0.4, -0.2) is 32.1 Å². The fourth-order valence-corrected chi connectivity index (χ4v) is 4.31. The second-order valence-electron chi connectivity index (χ2n) is 3.98. The van der Waals surface area contributed by atoms with Crippen LogP contribution in [0.3, 0.4) is 0 Å². The highest BCUT2D eigenvalue weighted by atomic mass is 79.9. The first-order valence-electron chi connectivity index (χ1n) is 6.05. The Bertz CT molecular complexity index is 817. The minimum Gasteiger partial charge on any atom is -0.444 e. The van der Waals surface area contributed by atoms with Crippen molar-refractivity contribution < 1.29 is 13.6 Å². The number of amides is 1. The second kappa shape index (κ2) is 7.47. The molecule has 0 aliphatic carbocycles. The van der Waals surface area contributed by atoms with Gasteiger partial charge < -0.3 is 14.6 Å². The molecule has 3 aromatic heterocycles. The minimum absolute atomic E-state index is 0.186. The molecule has 0 radical (unpaired) electrons. The molecule has 3 rings (SSSR count). The first-order valence-corrected chi connectivity index (χ1v) is 9.64. The molecule has 0 saturated carbocycles. The zero-order valence-corrected chi connectivity index (χ0v) is 15.3. The number of nitrogens with zero attached hydrogens (tertiary/aromatic N) is 4. The third-order valence-corrected chi connectivity index (χ3v) is 5.92. The summed E-state index contributed by atoms with van der Waals surface area (Å²) in [5.74, 6) is 1.54. The van der Waals surface area contributed by atoms with E-state index in [0.717, 1.165) is 4.34 Å². The molecule has 0 saturated heterocycles. The van der Waals surface area contributed by atoms with E-state index in [1.807, 2.05) is 0 Å². The molecular weight excluding hydrogens is 426 g/mol. The van der Waals surface area contributed by atoms with Gasteiger partial charge in [-0.15, -0.1) is 20.4 Å². The van der Waals surface area contributed by atoms with E-state index in [9.17, 15) is 4.79 Å². The number of carbonyl (C=O) groups is 1. The van der Waals surface area contributed by atoms with Crippen molar-refractivity contribution in [1.29, 1.82) is 0 Å². The van der Waals surface area contributed by atoms with Gasteiger partial charge in [-0.3, -0.25) is 4.79 Å². The van der Waals surface area contributed by atoms with Crippen molar-refractivity contribution in [3.8, 4) is 11.7 Å². The molecule has 0 aromatic carbocycles. The lowest BCUT2D eigenvalue weighted by atomic mass is 10.5. The molecule has 0 spiro atoms. The van der Waals surface area contributed by atoms with Gasteiger partial charge in [-0.1, -0.05) is 34.9 Å². The Morgan fingerprint density at radius 1 is 1.17 bits per heavy atom. The summed E-state index contributed by atoms with van der Waals surface area (Å²) in [6, 6.07) is 3.49. The molecule has 2 N–H and O–H groups in total. The standard InChI is InChI=1S/C11H8BrN5O3S3/c12-6-2-1-5(19-6)9-15-14-8(20-9)4-22-11-17-16-10(23-11)21-3-7(13)18/h1-2H,3-4H2,(H2,13,18). The van der Waals surface area contributed by atoms with E-state index in [1.165, 1.54) is 34.9 Å². The summed E-state index contributed by atoms with van der Waals surface area (Å²) in [5.41, 5.74) is 5.09. The Kier molecular flexibility index (Phi) is 5.35. The topological polar surface area (TPSA) is 121 Å². The molecule has 0 bridgehead atoms. The normalized spacial score (nSPS) is 11.0. The number of halogens is 1. The van der Waals surface area contributed by atoms with Crippen molar-refractivity contribution in [2.75, 3.05) is 5.75 Å². The van der Waals surface area contributed by atoms with E-state index in [1.54, 1.807) is 12.1 Å². The maximum atomic E-state index is 10.7. The van der Waals surface area contributed by atoms with E-state index in [2.05, 4.69) is 36.3 Å². The van der Waals surface area contributed by atoms with Gasteiger partial charge in [-0.2, -0.15) is 0 Å². The van der Waals surface area contributed by atoms with Crippen LogP contribution in [0, 0.1) is 0 Å². The van der Waals surface area contributed by atoms with E-state index >= 15 is 0 Å². The van der Waals surface area contributed by atoms with E-state index in [0.29, 0.717) is 32.3 Å². The lowest BCUT2D eigenvalue weighted by Crippen LogP contribution is -2.12. The van der Waals surface area contributed by atoms with Crippen molar-refractivity contribution in [1.82, 2.24) is 20.4 Å². The molecule has 0 unspecified atom stereocenters. The first-order chi connectivity index (χ1) is 11.1. The molecular formula is C11H8BrN5O3S3. The van der Waals surface area contributed by atoms with Crippen LogP contribution in [-0.2, 0) is 10.5 Å². The van der Waals surface area contributed by atoms with Gasteiger partial charge in [0, 0.05) is 0 Å². The number of furan rings is 1. The Morgan fingerprint density at radius 3 is 2.65 bits per heavy atom. The molecule has 120 valence electrons. The van der Waals surface area contributed by atoms with E-state index < -0.39 is 0 Å². The number of thioether (sulfide) groups is 2. The summed E-state index contributed by atoms with van der Waals surface area (Å²) < 4.78 is 12.9. The number of nitrogens with two attached hydrogens (primary N) is 1. The quantitative estimate of drug-likeness (QED) is 0.560. The number of primary amides is 1. The monoisotopic (exact) mass is 433 g/mol. The summed E-state index contributed by atoms with van der Waals surface area (Å²) in [7, 11) is 0. The van der Waals surface area contributed by atoms with Crippen LogP contribution >= 0.6 is 50.8 Å². The van der Waals surface area contributed by atoms with Crippen LogP contribution in [0.2, 0.25) is 0 Å². The third-order valence-electron chi connectivity index (χ3n) is 2.30. The van der Waals surface area contributed by atoms with Crippen molar-refractivity contribution in [2.45, 2.75) is 14.4 Å². The average Bonchev–Trinajstić information content (AvgIpc) is 3.23. The highest BCUT2D eigenvalue weighted by molar-refractivity contribution is 9.10. The molecule has 0 fully saturated rings. The number of hydrogen-bond donors (Lipinski definition) is 1. The highest BCUT2D eigenvalue weighted by Gasteiger charge is 2.14. The molecule has 12 heteroatoms. The molecule has 0 aliphatic rings. The summed E-state index contributed by atoms with van der Waals surface area (Å²) in [5, 5.41) is 15.9. The molecule has 8 nitrogen and oxygen atoms in total. The molecule has 3 heterocycles. The van der Waals surface area contributed by atoms with Gasteiger partial charge in [-0.25, -0.2) is 0 Å². The van der Waals surface area contributed by atoms with Gasteiger partial charge in [0.1, 0.15) is 0 Å². The fraction of sp³-hybridized carbons (Fsp3) is 0.182. The predicted molar refractivity (Wildman–Crippen MR) is 89.1 cm³/mol. The Morgan fingerprint density at radius 2 is 1.96 bits per heavy atom. The van der Waals surface area contributed by atoms with Gasteiger partial charge >= 0.3 is 0 Å². The highest BCUT2D eigenvalue weighted by Crippen LogP contribution is 2.31. The summed E-state index contributed by atoms with van der Waals surface area (Å²) >= 11 is 7.28. The predicted octanol–water partition coefficient (Wildman–Crippen LogP) is 2.81. The van der Waals surface area contributed by atoms with Gasteiger partial charge in [0.05, 0.1) is 11.5 Å². The number of carbonyl (C=O) groups excluding carboxylic acids is 1. The molecule has 23 heavy (non-hydrogen) atoms. The van der Waals surface area contributed by atoms with Crippen molar-refractivity contribution in [3.05, 3.63) is 22.7 Å². The molecule has 3 aromatic rings. The largest absolute Gasteiger partial charge is 0.444 e. The average molecular weight is 434 g/mol. The number of rotatable bonds is 7. The van der Waals surface area contributed by atoms with Crippen LogP contribution < -0.4 is 5.73 Å². The van der Waals surface area contributed by atoms with Crippen molar-refractivity contribution in [2.24, 2.45) is 5.73 Å². The van der Waals surface area contributed by atoms with Crippen molar-refractivity contribution >= 4 is 56.7 Å². The maximum absolute atomic E-state index is 10.7. The number of aromatic nitrogens is 4. The Labute approximate surface area is 150 Å². The van der Waals surface area contributed by atoms with Crippen molar-refractivity contribution in [3.63, 3.8) is 0 Å². The summed E-state index contributed by atoms with van der Waals surface area (Å²) in [6.07, 6.45) is 0. The molecule has 0 atom stereocenters. The second-order valence-corrected chi connectivity index (χ2v) is 8.19. The third kappa shape index (κ3) is 4.56. The van der Waals surface area contributed by atoms with Gasteiger partial charge in [0.25, 0.3) is 5.89 Å². The minimum atomic E-state index is -0.387. The van der Waals surface area contributed by atoms with Crippen LogP contribution in [0.1, 0.15) is 5.89 Å². The fourth-order valence-electron chi connectivity index (χ4n) is 1.41. The lowest BCUT2D eigenvalue weighted by molar-refractivity contribution is -0.115. The zero-order chi connectivity index (χ0) is 16.2. The van der Waals surface area contributed by atoms with E-state index in [-0.39, 0.29) is 11.7 Å². The van der Waals surface area contributed by atoms with Gasteiger partial charge in [0.15, 0.2) is 19.1 Å². The SMILES string of the molecule is NC(=O)CSc1nnc(SCc2nnc(-c3ccc(Br)o3)o2)s1. The van der Waals surface area contributed by atoms with Gasteiger partial charge in [-0.05, 0) is 28.1 Å². The van der Waals surface area contributed by atoms with E-state index in [4.69, 9.17) is 14.6 Å². The summed E-state index contributed by atoms with van der Waals surface area (Å²) in [6.45, 7) is 0. The van der Waals surface area contributed by atoms with Crippen LogP contribution in [0.15, 0.2) is 34.3 Å². The number of hydrogen-bond acceptors (Lipinski definition) is 10. The first kappa shape index (κ1) is 16.5. The van der Waals surface area contributed by atoms with Gasteiger partial charge in [0.2, 0.25) is 11.8 Å². The smallest absolute Gasteiger partial charge is 0.283 e. The van der Waals surface area contributed by atoms with Crippen LogP contribution in [0.25, 0.3) is 11.7 Å². The zero-order valence-electron chi connectivity index (χ0n) is 11.3. The maximum Gasteiger partial charge on any atom is 0.283 e.